The Balaban J connectivity index is 1.31. The summed E-state index contributed by atoms with van der Waals surface area (Å²) in [4.78, 5) is 38.1. The van der Waals surface area contributed by atoms with E-state index in [4.69, 9.17) is 13.9 Å². The molecular weight excluding hydrogens is 400 g/mol. The number of benzene rings is 1. The van der Waals surface area contributed by atoms with Gasteiger partial charge in [0.25, 0.3) is 5.56 Å². The lowest BCUT2D eigenvalue weighted by Crippen LogP contribution is -2.38. The van der Waals surface area contributed by atoms with E-state index < -0.39 is 5.97 Å². The number of H-pyrrole nitrogens is 1. The first-order valence-electron chi connectivity index (χ1n) is 10.2. The van der Waals surface area contributed by atoms with E-state index in [-0.39, 0.29) is 25.0 Å². The van der Waals surface area contributed by atoms with Crippen LogP contribution in [0, 0.1) is 6.92 Å². The van der Waals surface area contributed by atoms with Crippen LogP contribution in [-0.4, -0.2) is 47.2 Å². The predicted octanol–water partition coefficient (Wildman–Crippen LogP) is 2.25. The average molecular weight is 424 g/mol. The van der Waals surface area contributed by atoms with Gasteiger partial charge in [-0.1, -0.05) is 30.3 Å². The zero-order valence-corrected chi connectivity index (χ0v) is 17.3. The van der Waals surface area contributed by atoms with Gasteiger partial charge in [-0.3, -0.25) is 14.6 Å². The highest BCUT2D eigenvalue weighted by Gasteiger charge is 2.17. The highest BCUT2D eigenvalue weighted by molar-refractivity contribution is 5.69. The van der Waals surface area contributed by atoms with Gasteiger partial charge in [-0.25, -0.2) is 9.97 Å². The standard InChI is InChI=1S/C22H24N4O5/c1-15-17(21(28)25-22(24-15)26-9-11-29-12-10-26)7-8-20(27)30-14-19-23-13-18(31-19)16-5-3-2-4-6-16/h2-6,13H,7-12,14H2,1H3,(H,24,25,28). The number of aryl methyl sites for hydroxylation is 1. The zero-order valence-electron chi connectivity index (χ0n) is 17.3. The van der Waals surface area contributed by atoms with E-state index in [1.54, 1.807) is 13.1 Å². The minimum Gasteiger partial charge on any atom is -0.456 e. The maximum atomic E-state index is 12.5. The number of hydrogen-bond acceptors (Lipinski definition) is 8. The zero-order chi connectivity index (χ0) is 21.6. The molecule has 162 valence electrons. The van der Waals surface area contributed by atoms with Crippen LogP contribution >= 0.6 is 0 Å². The fourth-order valence-corrected chi connectivity index (χ4v) is 3.37. The first kappa shape index (κ1) is 20.8. The topological polar surface area (TPSA) is 111 Å². The minimum atomic E-state index is -0.435. The molecule has 3 aromatic rings. The molecule has 0 atom stereocenters. The molecule has 9 heteroatoms. The number of nitrogens with one attached hydrogen (secondary N) is 1. The van der Waals surface area contributed by atoms with Crippen molar-refractivity contribution >= 4 is 11.9 Å². The van der Waals surface area contributed by atoms with Crippen molar-refractivity contribution in [1.82, 2.24) is 15.0 Å². The summed E-state index contributed by atoms with van der Waals surface area (Å²) < 4.78 is 16.2. The SMILES string of the molecule is Cc1nc(N2CCOCC2)[nH]c(=O)c1CCC(=O)OCc1ncc(-c2ccccc2)o1. The quantitative estimate of drug-likeness (QED) is 0.575. The monoisotopic (exact) mass is 424 g/mol. The third-order valence-corrected chi connectivity index (χ3v) is 5.07. The van der Waals surface area contributed by atoms with Gasteiger partial charge in [0, 0.05) is 36.3 Å². The van der Waals surface area contributed by atoms with Crippen LogP contribution in [0.5, 0.6) is 0 Å². The van der Waals surface area contributed by atoms with Crippen LogP contribution in [-0.2, 0) is 27.3 Å². The maximum absolute atomic E-state index is 12.5. The fourth-order valence-electron chi connectivity index (χ4n) is 3.37. The first-order chi connectivity index (χ1) is 15.1. The van der Waals surface area contributed by atoms with Crippen molar-refractivity contribution in [3.8, 4) is 11.3 Å². The number of morpholine rings is 1. The summed E-state index contributed by atoms with van der Waals surface area (Å²) in [5.74, 6) is 1.03. The van der Waals surface area contributed by atoms with Crippen molar-refractivity contribution in [2.45, 2.75) is 26.4 Å². The van der Waals surface area contributed by atoms with Crippen LogP contribution in [0.3, 0.4) is 0 Å². The number of hydrogen-bond donors (Lipinski definition) is 1. The number of carbonyl (C=O) groups is 1. The van der Waals surface area contributed by atoms with E-state index >= 15 is 0 Å². The number of nitrogens with zero attached hydrogens (tertiary/aromatic N) is 3. The van der Waals surface area contributed by atoms with Gasteiger partial charge in [0.1, 0.15) is 0 Å². The van der Waals surface area contributed by atoms with Crippen molar-refractivity contribution in [1.29, 1.82) is 0 Å². The molecule has 1 aliphatic rings. The molecule has 9 nitrogen and oxygen atoms in total. The molecule has 31 heavy (non-hydrogen) atoms. The molecule has 0 saturated carbocycles. The van der Waals surface area contributed by atoms with E-state index in [2.05, 4.69) is 15.0 Å². The Kier molecular flexibility index (Phi) is 6.42. The molecule has 0 aliphatic carbocycles. The number of rotatable bonds is 7. The maximum Gasteiger partial charge on any atom is 0.306 e. The molecule has 1 aliphatic heterocycles. The fraction of sp³-hybridized carbons (Fsp3) is 0.364. The highest BCUT2D eigenvalue weighted by atomic mass is 16.5. The number of esters is 1. The second kappa shape index (κ2) is 9.57. The van der Waals surface area contributed by atoms with Crippen LogP contribution in [0.4, 0.5) is 5.95 Å². The van der Waals surface area contributed by atoms with Crippen molar-refractivity contribution in [2.24, 2.45) is 0 Å². The molecule has 0 amide bonds. The van der Waals surface area contributed by atoms with Gasteiger partial charge in [-0.2, -0.15) is 0 Å². The van der Waals surface area contributed by atoms with Crippen LogP contribution in [0.1, 0.15) is 23.6 Å². The Hall–Kier alpha value is -3.46. The Morgan fingerprint density at radius 2 is 2.00 bits per heavy atom. The molecule has 0 spiro atoms. The molecule has 1 N–H and O–H groups in total. The van der Waals surface area contributed by atoms with Gasteiger partial charge in [0.15, 0.2) is 12.4 Å². The molecule has 4 rings (SSSR count). The Morgan fingerprint density at radius 3 is 2.74 bits per heavy atom. The highest BCUT2D eigenvalue weighted by Crippen LogP contribution is 2.20. The van der Waals surface area contributed by atoms with Gasteiger partial charge in [-0.05, 0) is 13.3 Å². The summed E-state index contributed by atoms with van der Waals surface area (Å²) in [5.41, 5.74) is 1.76. The number of carbonyl (C=O) groups excluding carboxylic acids is 1. The largest absolute Gasteiger partial charge is 0.456 e. The number of anilines is 1. The smallest absolute Gasteiger partial charge is 0.306 e. The molecule has 1 fully saturated rings. The van der Waals surface area contributed by atoms with Gasteiger partial charge in [0.2, 0.25) is 11.8 Å². The third-order valence-electron chi connectivity index (χ3n) is 5.07. The van der Waals surface area contributed by atoms with E-state index in [1.165, 1.54) is 0 Å². The first-order valence-corrected chi connectivity index (χ1v) is 10.2. The second-order valence-electron chi connectivity index (χ2n) is 7.20. The molecule has 0 unspecified atom stereocenters. The molecule has 2 aromatic heterocycles. The van der Waals surface area contributed by atoms with Crippen molar-refractivity contribution in [2.75, 3.05) is 31.2 Å². The number of aromatic nitrogens is 3. The number of aromatic amines is 1. The molecular formula is C22H24N4O5. The van der Waals surface area contributed by atoms with Crippen LogP contribution in [0.2, 0.25) is 0 Å². The summed E-state index contributed by atoms with van der Waals surface area (Å²) in [6.07, 6.45) is 1.91. The molecule has 1 aromatic carbocycles. The van der Waals surface area contributed by atoms with Crippen LogP contribution in [0.15, 0.2) is 45.7 Å². The van der Waals surface area contributed by atoms with Gasteiger partial charge < -0.3 is 18.8 Å². The summed E-state index contributed by atoms with van der Waals surface area (Å²) in [6, 6.07) is 9.55. The van der Waals surface area contributed by atoms with Crippen molar-refractivity contribution in [3.63, 3.8) is 0 Å². The van der Waals surface area contributed by atoms with E-state index in [9.17, 15) is 9.59 Å². The van der Waals surface area contributed by atoms with E-state index in [1.807, 2.05) is 35.2 Å². The molecule has 0 bridgehead atoms. The second-order valence-corrected chi connectivity index (χ2v) is 7.20. The Bertz CT molecular complexity index is 1090. The van der Waals surface area contributed by atoms with E-state index in [0.717, 1.165) is 5.56 Å². The lowest BCUT2D eigenvalue weighted by Gasteiger charge is -2.27. The van der Waals surface area contributed by atoms with E-state index in [0.29, 0.717) is 55.2 Å². The Labute approximate surface area is 179 Å². The number of oxazole rings is 1. The molecule has 1 saturated heterocycles. The van der Waals surface area contributed by atoms with Gasteiger partial charge in [0.05, 0.1) is 19.4 Å². The predicted molar refractivity (Wildman–Crippen MR) is 113 cm³/mol. The van der Waals surface area contributed by atoms with Gasteiger partial charge >= 0.3 is 5.97 Å². The minimum absolute atomic E-state index is 0.0603. The summed E-state index contributed by atoms with van der Waals surface area (Å²) in [7, 11) is 0. The summed E-state index contributed by atoms with van der Waals surface area (Å²) in [6.45, 7) is 4.29. The molecule has 3 heterocycles. The van der Waals surface area contributed by atoms with Crippen LogP contribution < -0.4 is 10.5 Å². The molecule has 0 radical (unpaired) electrons. The summed E-state index contributed by atoms with van der Waals surface area (Å²) >= 11 is 0. The van der Waals surface area contributed by atoms with Crippen molar-refractivity contribution < 1.29 is 18.7 Å². The summed E-state index contributed by atoms with van der Waals surface area (Å²) in [5, 5.41) is 0. The lowest BCUT2D eigenvalue weighted by molar-refractivity contribution is -0.145. The van der Waals surface area contributed by atoms with Gasteiger partial charge in [-0.15, -0.1) is 0 Å². The average Bonchev–Trinajstić information content (AvgIpc) is 3.27. The lowest BCUT2D eigenvalue weighted by atomic mass is 10.1. The third kappa shape index (κ3) is 5.18. The van der Waals surface area contributed by atoms with Crippen molar-refractivity contribution in [3.05, 3.63) is 64.0 Å². The Morgan fingerprint density at radius 1 is 1.23 bits per heavy atom. The van der Waals surface area contributed by atoms with Crippen LogP contribution in [0.25, 0.3) is 11.3 Å². The normalized spacial score (nSPS) is 13.9. The number of ether oxygens (including phenoxy) is 2.